The molecule has 1 heterocycles. The van der Waals surface area contributed by atoms with Gasteiger partial charge in [0, 0.05) is 30.3 Å². The maximum Gasteiger partial charge on any atom is 0.269 e. The maximum absolute atomic E-state index is 12.8. The summed E-state index contributed by atoms with van der Waals surface area (Å²) in [6.07, 6.45) is 4.93. The number of rotatable bonds is 6. The highest BCUT2D eigenvalue weighted by atomic mass is 16.6. The van der Waals surface area contributed by atoms with Gasteiger partial charge in [-0.3, -0.25) is 14.9 Å². The third-order valence-corrected chi connectivity index (χ3v) is 4.85. The fraction of sp³-hybridized carbons (Fsp3) is 0.286. The van der Waals surface area contributed by atoms with Crippen LogP contribution in [0.5, 0.6) is 11.5 Å². The molecule has 1 aliphatic heterocycles. The lowest BCUT2D eigenvalue weighted by Gasteiger charge is -2.25. The molecular weight excluding hydrogens is 360 g/mol. The number of nitro benzene ring substituents is 1. The summed E-state index contributed by atoms with van der Waals surface area (Å²) in [5.74, 6) is 1.34. The lowest BCUT2D eigenvalue weighted by atomic mass is 10.0. The molecule has 7 heteroatoms. The van der Waals surface area contributed by atoms with E-state index in [1.165, 1.54) is 18.2 Å². The van der Waals surface area contributed by atoms with Crippen LogP contribution in [0, 0.1) is 10.1 Å². The Morgan fingerprint density at radius 3 is 2.57 bits per heavy atom. The fourth-order valence-corrected chi connectivity index (χ4v) is 3.42. The van der Waals surface area contributed by atoms with Crippen molar-refractivity contribution in [2.24, 2.45) is 0 Å². The van der Waals surface area contributed by atoms with Gasteiger partial charge in [0.05, 0.1) is 25.2 Å². The number of amides is 1. The van der Waals surface area contributed by atoms with E-state index in [-0.39, 0.29) is 17.6 Å². The van der Waals surface area contributed by atoms with Gasteiger partial charge in [0.2, 0.25) is 5.91 Å². The van der Waals surface area contributed by atoms with E-state index < -0.39 is 4.92 Å². The summed E-state index contributed by atoms with van der Waals surface area (Å²) in [7, 11) is 3.22. The van der Waals surface area contributed by atoms with E-state index in [0.29, 0.717) is 6.54 Å². The van der Waals surface area contributed by atoms with Gasteiger partial charge in [0.15, 0.2) is 0 Å². The van der Waals surface area contributed by atoms with Crippen molar-refractivity contribution in [3.8, 4) is 11.5 Å². The quantitative estimate of drug-likeness (QED) is 0.429. The first-order valence-electron chi connectivity index (χ1n) is 8.98. The lowest BCUT2D eigenvalue weighted by molar-refractivity contribution is -0.384. The highest BCUT2D eigenvalue weighted by molar-refractivity contribution is 5.92. The minimum Gasteiger partial charge on any atom is -0.497 e. The van der Waals surface area contributed by atoms with Crippen molar-refractivity contribution in [3.05, 3.63) is 69.8 Å². The van der Waals surface area contributed by atoms with Gasteiger partial charge in [0.25, 0.3) is 5.69 Å². The highest BCUT2D eigenvalue weighted by Gasteiger charge is 2.31. The van der Waals surface area contributed by atoms with Gasteiger partial charge in [-0.15, -0.1) is 0 Å². The molecule has 1 amide bonds. The van der Waals surface area contributed by atoms with Crippen LogP contribution in [0.15, 0.2) is 48.5 Å². The first kappa shape index (κ1) is 19.4. The third kappa shape index (κ3) is 4.14. The predicted octanol–water partition coefficient (Wildman–Crippen LogP) is 3.99. The van der Waals surface area contributed by atoms with Crippen molar-refractivity contribution in [2.75, 3.05) is 20.8 Å². The van der Waals surface area contributed by atoms with Crippen LogP contribution in [0.3, 0.4) is 0 Å². The molecule has 0 spiro atoms. The zero-order valence-corrected chi connectivity index (χ0v) is 15.8. The molecule has 1 saturated heterocycles. The Kier molecular flexibility index (Phi) is 5.93. The SMILES string of the molecule is COc1ccc(OC)c(C2CCCN2C(=O)/C=C/c2ccc([N+](=O)[O-])cc2)c1. The van der Waals surface area contributed by atoms with Crippen LogP contribution in [0.1, 0.15) is 30.0 Å². The Morgan fingerprint density at radius 1 is 1.18 bits per heavy atom. The summed E-state index contributed by atoms with van der Waals surface area (Å²) in [5, 5.41) is 10.7. The number of non-ortho nitro benzene ring substituents is 1. The van der Waals surface area contributed by atoms with E-state index in [0.717, 1.165) is 35.5 Å². The number of hydrogen-bond acceptors (Lipinski definition) is 5. The van der Waals surface area contributed by atoms with Crippen LogP contribution in [0.25, 0.3) is 6.08 Å². The van der Waals surface area contributed by atoms with E-state index in [9.17, 15) is 14.9 Å². The first-order chi connectivity index (χ1) is 13.5. The summed E-state index contributed by atoms with van der Waals surface area (Å²) in [6, 6.07) is 11.6. The molecule has 0 saturated carbocycles. The van der Waals surface area contributed by atoms with Crippen molar-refractivity contribution in [1.29, 1.82) is 0 Å². The van der Waals surface area contributed by atoms with Gasteiger partial charge in [-0.1, -0.05) is 0 Å². The van der Waals surface area contributed by atoms with E-state index in [1.54, 1.807) is 32.4 Å². The number of carbonyl (C=O) groups is 1. The molecule has 0 bridgehead atoms. The van der Waals surface area contributed by atoms with Gasteiger partial charge >= 0.3 is 0 Å². The molecule has 1 aliphatic rings. The van der Waals surface area contributed by atoms with Crippen LogP contribution in [-0.2, 0) is 4.79 Å². The number of nitro groups is 1. The second-order valence-electron chi connectivity index (χ2n) is 6.48. The van der Waals surface area contributed by atoms with Gasteiger partial charge in [0.1, 0.15) is 11.5 Å². The molecule has 2 aromatic rings. The molecule has 28 heavy (non-hydrogen) atoms. The van der Waals surface area contributed by atoms with Crippen molar-refractivity contribution in [2.45, 2.75) is 18.9 Å². The van der Waals surface area contributed by atoms with Crippen LogP contribution in [0.2, 0.25) is 0 Å². The van der Waals surface area contributed by atoms with Crippen molar-refractivity contribution in [3.63, 3.8) is 0 Å². The van der Waals surface area contributed by atoms with Crippen LogP contribution in [-0.4, -0.2) is 36.5 Å². The first-order valence-corrected chi connectivity index (χ1v) is 8.98. The zero-order valence-electron chi connectivity index (χ0n) is 15.8. The standard InChI is InChI=1S/C21H22N2O5/c1-27-17-10-11-20(28-2)18(14-17)19-4-3-13-22(19)21(24)12-7-15-5-8-16(9-6-15)23(25)26/h5-12,14,19H,3-4,13H2,1-2H3/b12-7+. The van der Waals surface area contributed by atoms with E-state index >= 15 is 0 Å². The van der Waals surface area contributed by atoms with Crippen LogP contribution >= 0.6 is 0 Å². The maximum atomic E-state index is 12.8. The van der Waals surface area contributed by atoms with E-state index in [1.807, 2.05) is 23.1 Å². The Labute approximate surface area is 163 Å². The number of nitrogens with zero attached hydrogens (tertiary/aromatic N) is 2. The molecule has 1 unspecified atom stereocenters. The van der Waals surface area contributed by atoms with E-state index in [4.69, 9.17) is 9.47 Å². The molecule has 146 valence electrons. The number of hydrogen-bond donors (Lipinski definition) is 0. The molecule has 1 fully saturated rings. The number of carbonyl (C=O) groups excluding carboxylic acids is 1. The average Bonchev–Trinajstić information content (AvgIpc) is 3.21. The lowest BCUT2D eigenvalue weighted by Crippen LogP contribution is -2.29. The van der Waals surface area contributed by atoms with Crippen molar-refractivity contribution < 1.29 is 19.2 Å². The van der Waals surface area contributed by atoms with E-state index in [2.05, 4.69) is 0 Å². The monoisotopic (exact) mass is 382 g/mol. The molecule has 3 rings (SSSR count). The smallest absolute Gasteiger partial charge is 0.269 e. The van der Waals surface area contributed by atoms with Crippen molar-refractivity contribution in [1.82, 2.24) is 4.90 Å². The average molecular weight is 382 g/mol. The van der Waals surface area contributed by atoms with Gasteiger partial charge in [-0.25, -0.2) is 0 Å². The van der Waals surface area contributed by atoms with Gasteiger partial charge < -0.3 is 14.4 Å². The molecule has 2 aromatic carbocycles. The predicted molar refractivity (Wildman–Crippen MR) is 105 cm³/mol. The molecule has 0 N–H and O–H groups in total. The Bertz CT molecular complexity index is 892. The molecular formula is C21H22N2O5. The van der Waals surface area contributed by atoms with Crippen LogP contribution < -0.4 is 9.47 Å². The summed E-state index contributed by atoms with van der Waals surface area (Å²) in [6.45, 7) is 0.661. The summed E-state index contributed by atoms with van der Waals surface area (Å²) in [5.41, 5.74) is 1.68. The minimum absolute atomic E-state index is 0.0215. The minimum atomic E-state index is -0.449. The normalized spacial score (nSPS) is 16.4. The Hall–Kier alpha value is -3.35. The Morgan fingerprint density at radius 2 is 1.93 bits per heavy atom. The van der Waals surface area contributed by atoms with Crippen molar-refractivity contribution >= 4 is 17.7 Å². The molecule has 0 aromatic heterocycles. The molecule has 0 radical (unpaired) electrons. The highest BCUT2D eigenvalue weighted by Crippen LogP contribution is 2.39. The molecule has 1 atom stereocenters. The number of likely N-dealkylation sites (tertiary alicyclic amines) is 1. The summed E-state index contributed by atoms with van der Waals surface area (Å²) < 4.78 is 10.8. The van der Waals surface area contributed by atoms with Gasteiger partial charge in [-0.2, -0.15) is 0 Å². The summed E-state index contributed by atoms with van der Waals surface area (Å²) >= 11 is 0. The van der Waals surface area contributed by atoms with Gasteiger partial charge in [-0.05, 0) is 54.8 Å². The second-order valence-corrected chi connectivity index (χ2v) is 6.48. The third-order valence-electron chi connectivity index (χ3n) is 4.85. The molecule has 0 aliphatic carbocycles. The fourth-order valence-electron chi connectivity index (χ4n) is 3.42. The summed E-state index contributed by atoms with van der Waals surface area (Å²) in [4.78, 5) is 24.9. The number of methoxy groups -OCH3 is 2. The van der Waals surface area contributed by atoms with Crippen LogP contribution in [0.4, 0.5) is 5.69 Å². The zero-order chi connectivity index (χ0) is 20.1. The molecule has 7 nitrogen and oxygen atoms in total. The topological polar surface area (TPSA) is 81.9 Å². The largest absolute Gasteiger partial charge is 0.497 e. The number of benzene rings is 2. The number of ether oxygens (including phenoxy) is 2. The Balaban J connectivity index is 1.79. The second kappa shape index (κ2) is 8.56.